The fraction of sp³-hybridized carbons (Fsp3) is 0.714. The van der Waals surface area contributed by atoms with Crippen molar-refractivity contribution >= 4 is 11.3 Å². The van der Waals surface area contributed by atoms with Crippen molar-refractivity contribution in [2.75, 3.05) is 6.54 Å². The van der Waals surface area contributed by atoms with Crippen molar-refractivity contribution in [2.24, 2.45) is 5.92 Å². The van der Waals surface area contributed by atoms with Crippen LogP contribution < -0.4 is 5.32 Å². The van der Waals surface area contributed by atoms with Gasteiger partial charge in [-0.1, -0.05) is 20.8 Å². The van der Waals surface area contributed by atoms with Crippen molar-refractivity contribution in [2.45, 2.75) is 52.5 Å². The predicted octanol–water partition coefficient (Wildman–Crippen LogP) is 3.93. The van der Waals surface area contributed by atoms with Gasteiger partial charge >= 0.3 is 0 Å². The van der Waals surface area contributed by atoms with Crippen LogP contribution in [-0.4, -0.2) is 6.54 Å². The second-order valence-corrected chi connectivity index (χ2v) is 6.36. The first kappa shape index (κ1) is 12.1. The highest BCUT2D eigenvalue weighted by Crippen LogP contribution is 2.35. The standard InChI is InChI=1S/C14H23NS/c1-4-15-12(8-10(2)3)14-9-11-6-5-7-13(11)16-14/h9-10,12,15H,4-8H2,1-3H3. The first-order valence-corrected chi connectivity index (χ1v) is 7.37. The lowest BCUT2D eigenvalue weighted by Crippen LogP contribution is -2.21. The van der Waals surface area contributed by atoms with Crippen LogP contribution in [-0.2, 0) is 12.8 Å². The number of aryl methyl sites for hydroxylation is 2. The molecule has 90 valence electrons. The molecule has 0 radical (unpaired) electrons. The van der Waals surface area contributed by atoms with Crippen LogP contribution in [0.3, 0.4) is 0 Å². The smallest absolute Gasteiger partial charge is 0.0417 e. The summed E-state index contributed by atoms with van der Waals surface area (Å²) in [5, 5.41) is 3.63. The Balaban J connectivity index is 2.11. The summed E-state index contributed by atoms with van der Waals surface area (Å²) in [5.41, 5.74) is 1.63. The Morgan fingerprint density at radius 3 is 2.81 bits per heavy atom. The second-order valence-electron chi connectivity index (χ2n) is 5.19. The SMILES string of the molecule is CCNC(CC(C)C)c1cc2c(s1)CCC2. The Labute approximate surface area is 103 Å². The van der Waals surface area contributed by atoms with Gasteiger partial charge in [0, 0.05) is 15.8 Å². The summed E-state index contributed by atoms with van der Waals surface area (Å²) < 4.78 is 0. The molecule has 2 heteroatoms. The van der Waals surface area contributed by atoms with Gasteiger partial charge in [-0.15, -0.1) is 11.3 Å². The molecular formula is C14H23NS. The lowest BCUT2D eigenvalue weighted by molar-refractivity contribution is 0.443. The third kappa shape index (κ3) is 2.67. The van der Waals surface area contributed by atoms with Gasteiger partial charge in [-0.25, -0.2) is 0 Å². The van der Waals surface area contributed by atoms with Crippen LogP contribution in [0.5, 0.6) is 0 Å². The lowest BCUT2D eigenvalue weighted by Gasteiger charge is -2.18. The molecule has 16 heavy (non-hydrogen) atoms. The molecular weight excluding hydrogens is 214 g/mol. The van der Waals surface area contributed by atoms with Crippen molar-refractivity contribution in [3.63, 3.8) is 0 Å². The molecule has 1 aromatic heterocycles. The molecule has 1 N–H and O–H groups in total. The van der Waals surface area contributed by atoms with E-state index in [-0.39, 0.29) is 0 Å². The van der Waals surface area contributed by atoms with Crippen molar-refractivity contribution in [1.82, 2.24) is 5.32 Å². The van der Waals surface area contributed by atoms with E-state index in [1.54, 1.807) is 15.3 Å². The third-order valence-corrected chi connectivity index (χ3v) is 4.62. The summed E-state index contributed by atoms with van der Waals surface area (Å²) in [6.45, 7) is 7.89. The van der Waals surface area contributed by atoms with E-state index in [1.165, 1.54) is 25.7 Å². The van der Waals surface area contributed by atoms with Crippen LogP contribution in [0.4, 0.5) is 0 Å². The maximum Gasteiger partial charge on any atom is 0.0417 e. The molecule has 0 aliphatic heterocycles. The van der Waals surface area contributed by atoms with Crippen LogP contribution in [0.25, 0.3) is 0 Å². The Morgan fingerprint density at radius 1 is 1.38 bits per heavy atom. The van der Waals surface area contributed by atoms with Gasteiger partial charge in [0.05, 0.1) is 0 Å². The topological polar surface area (TPSA) is 12.0 Å². The lowest BCUT2D eigenvalue weighted by atomic mass is 10.0. The Kier molecular flexibility index (Phi) is 4.04. The first-order valence-electron chi connectivity index (χ1n) is 6.55. The fourth-order valence-corrected chi connectivity index (χ4v) is 3.89. The molecule has 0 saturated heterocycles. The largest absolute Gasteiger partial charge is 0.310 e. The monoisotopic (exact) mass is 237 g/mol. The van der Waals surface area contributed by atoms with E-state index >= 15 is 0 Å². The fourth-order valence-electron chi connectivity index (χ4n) is 2.54. The van der Waals surface area contributed by atoms with Crippen LogP contribution in [0.15, 0.2) is 6.07 Å². The molecule has 0 amide bonds. The van der Waals surface area contributed by atoms with Gasteiger partial charge in [0.15, 0.2) is 0 Å². The van der Waals surface area contributed by atoms with Crippen LogP contribution >= 0.6 is 11.3 Å². The van der Waals surface area contributed by atoms with E-state index in [1.807, 2.05) is 11.3 Å². The molecule has 0 fully saturated rings. The number of rotatable bonds is 5. The van der Waals surface area contributed by atoms with E-state index < -0.39 is 0 Å². The van der Waals surface area contributed by atoms with Gasteiger partial charge in [-0.2, -0.15) is 0 Å². The van der Waals surface area contributed by atoms with Gasteiger partial charge in [0.1, 0.15) is 0 Å². The van der Waals surface area contributed by atoms with Gasteiger partial charge in [-0.05, 0) is 49.8 Å². The summed E-state index contributed by atoms with van der Waals surface area (Å²) in [6.07, 6.45) is 5.26. The minimum atomic E-state index is 0.584. The molecule has 0 saturated carbocycles. The molecule has 1 nitrogen and oxygen atoms in total. The summed E-state index contributed by atoms with van der Waals surface area (Å²) in [6, 6.07) is 3.04. The van der Waals surface area contributed by atoms with Crippen LogP contribution in [0.2, 0.25) is 0 Å². The Morgan fingerprint density at radius 2 is 2.19 bits per heavy atom. The molecule has 1 atom stereocenters. The van der Waals surface area contributed by atoms with Crippen molar-refractivity contribution in [1.29, 1.82) is 0 Å². The number of hydrogen-bond acceptors (Lipinski definition) is 2. The molecule has 1 aliphatic carbocycles. The van der Waals surface area contributed by atoms with E-state index in [2.05, 4.69) is 32.2 Å². The highest BCUT2D eigenvalue weighted by atomic mass is 32.1. The predicted molar refractivity (Wildman–Crippen MR) is 72.2 cm³/mol. The van der Waals surface area contributed by atoms with Gasteiger partial charge in [-0.3, -0.25) is 0 Å². The molecule has 2 rings (SSSR count). The first-order chi connectivity index (χ1) is 7.70. The zero-order valence-electron chi connectivity index (χ0n) is 10.7. The minimum Gasteiger partial charge on any atom is -0.310 e. The summed E-state index contributed by atoms with van der Waals surface area (Å²) in [4.78, 5) is 3.22. The summed E-state index contributed by atoms with van der Waals surface area (Å²) in [5.74, 6) is 0.765. The minimum absolute atomic E-state index is 0.584. The van der Waals surface area contributed by atoms with Gasteiger partial charge < -0.3 is 5.32 Å². The maximum atomic E-state index is 3.63. The van der Waals surface area contributed by atoms with Gasteiger partial charge in [0.25, 0.3) is 0 Å². The summed E-state index contributed by atoms with van der Waals surface area (Å²) >= 11 is 2.05. The number of fused-ring (bicyclic) bond motifs is 1. The second kappa shape index (κ2) is 5.33. The molecule has 0 bridgehead atoms. The number of thiophene rings is 1. The quantitative estimate of drug-likeness (QED) is 0.818. The van der Waals surface area contributed by atoms with Crippen molar-refractivity contribution in [3.8, 4) is 0 Å². The third-order valence-electron chi connectivity index (χ3n) is 3.27. The van der Waals surface area contributed by atoms with Crippen LogP contribution in [0, 0.1) is 5.92 Å². The Hall–Kier alpha value is -0.340. The molecule has 0 aromatic carbocycles. The maximum absolute atomic E-state index is 3.63. The van der Waals surface area contributed by atoms with Crippen molar-refractivity contribution in [3.05, 3.63) is 21.4 Å². The molecule has 0 spiro atoms. The number of hydrogen-bond donors (Lipinski definition) is 1. The highest BCUT2D eigenvalue weighted by molar-refractivity contribution is 7.12. The average Bonchev–Trinajstić information content (AvgIpc) is 2.74. The van der Waals surface area contributed by atoms with E-state index in [9.17, 15) is 0 Å². The summed E-state index contributed by atoms with van der Waals surface area (Å²) in [7, 11) is 0. The van der Waals surface area contributed by atoms with E-state index in [0.717, 1.165) is 12.5 Å². The van der Waals surface area contributed by atoms with E-state index in [0.29, 0.717) is 6.04 Å². The van der Waals surface area contributed by atoms with Crippen LogP contribution in [0.1, 0.15) is 55.0 Å². The van der Waals surface area contributed by atoms with E-state index in [4.69, 9.17) is 0 Å². The number of nitrogens with one attached hydrogen (secondary N) is 1. The highest BCUT2D eigenvalue weighted by Gasteiger charge is 2.20. The van der Waals surface area contributed by atoms with Crippen molar-refractivity contribution < 1.29 is 0 Å². The normalized spacial score (nSPS) is 16.8. The van der Waals surface area contributed by atoms with Gasteiger partial charge in [0.2, 0.25) is 0 Å². The Bertz CT molecular complexity index is 319. The average molecular weight is 237 g/mol. The molecule has 1 heterocycles. The molecule has 1 aromatic rings. The zero-order valence-corrected chi connectivity index (χ0v) is 11.5. The molecule has 1 unspecified atom stereocenters. The zero-order chi connectivity index (χ0) is 11.5. The molecule has 1 aliphatic rings.